The molecule has 1 fully saturated rings. The largest absolute Gasteiger partial charge is 0.417 e. The minimum atomic E-state index is -4.40. The third-order valence-corrected chi connectivity index (χ3v) is 4.85. The summed E-state index contributed by atoms with van der Waals surface area (Å²) in [5, 5.41) is 4.15. The van der Waals surface area contributed by atoms with Crippen LogP contribution in [0.25, 0.3) is 5.69 Å². The molecule has 1 aromatic carbocycles. The zero-order valence-electron chi connectivity index (χ0n) is 15.4. The SMILES string of the molecule is O=C(c1ccc(-n2cccn2)cc1)N1CCN(c2ccc(C(F)(F)F)cn2)CC1. The van der Waals surface area contributed by atoms with Crippen LogP contribution in [0, 0.1) is 0 Å². The van der Waals surface area contributed by atoms with Gasteiger partial charge in [-0.2, -0.15) is 18.3 Å². The molecule has 1 aliphatic heterocycles. The molecule has 2 aromatic heterocycles. The van der Waals surface area contributed by atoms with Crippen LogP contribution in [0.3, 0.4) is 0 Å². The molecule has 1 saturated heterocycles. The Balaban J connectivity index is 1.37. The van der Waals surface area contributed by atoms with E-state index in [-0.39, 0.29) is 5.91 Å². The average Bonchev–Trinajstić information content (AvgIpc) is 3.28. The minimum absolute atomic E-state index is 0.0722. The van der Waals surface area contributed by atoms with Crippen molar-refractivity contribution in [1.82, 2.24) is 19.7 Å². The van der Waals surface area contributed by atoms with Gasteiger partial charge in [-0.25, -0.2) is 9.67 Å². The molecule has 0 atom stereocenters. The number of nitrogens with zero attached hydrogens (tertiary/aromatic N) is 5. The summed E-state index contributed by atoms with van der Waals surface area (Å²) in [4.78, 5) is 20.3. The van der Waals surface area contributed by atoms with E-state index >= 15 is 0 Å². The summed E-state index contributed by atoms with van der Waals surface area (Å²) < 4.78 is 39.7. The van der Waals surface area contributed by atoms with Crippen LogP contribution in [0.2, 0.25) is 0 Å². The number of amides is 1. The van der Waals surface area contributed by atoms with E-state index in [9.17, 15) is 18.0 Å². The highest BCUT2D eigenvalue weighted by molar-refractivity contribution is 5.94. The highest BCUT2D eigenvalue weighted by atomic mass is 19.4. The molecule has 0 saturated carbocycles. The molecule has 6 nitrogen and oxygen atoms in total. The van der Waals surface area contributed by atoms with Gasteiger partial charge in [0.2, 0.25) is 0 Å². The van der Waals surface area contributed by atoms with Gasteiger partial charge in [0.1, 0.15) is 5.82 Å². The molecule has 3 heterocycles. The number of anilines is 1. The number of hydrogen-bond donors (Lipinski definition) is 0. The molecular formula is C20H18F3N5O. The fourth-order valence-electron chi connectivity index (χ4n) is 3.24. The molecule has 0 spiro atoms. The summed E-state index contributed by atoms with van der Waals surface area (Å²) >= 11 is 0. The maximum absolute atomic E-state index is 12.7. The van der Waals surface area contributed by atoms with Crippen molar-refractivity contribution in [3.05, 3.63) is 72.2 Å². The number of piperazine rings is 1. The molecule has 4 rings (SSSR count). The normalized spacial score (nSPS) is 14.9. The van der Waals surface area contributed by atoms with E-state index in [1.54, 1.807) is 27.9 Å². The van der Waals surface area contributed by atoms with Crippen molar-refractivity contribution >= 4 is 11.7 Å². The van der Waals surface area contributed by atoms with E-state index in [0.29, 0.717) is 37.6 Å². The zero-order valence-corrected chi connectivity index (χ0v) is 15.4. The second-order valence-corrected chi connectivity index (χ2v) is 6.68. The molecule has 3 aromatic rings. The summed E-state index contributed by atoms with van der Waals surface area (Å²) in [6.07, 6.45) is -0.0486. The molecule has 0 unspecified atom stereocenters. The Hall–Kier alpha value is -3.36. The number of carbonyl (C=O) groups is 1. The molecule has 0 radical (unpaired) electrons. The topological polar surface area (TPSA) is 54.3 Å². The smallest absolute Gasteiger partial charge is 0.353 e. The van der Waals surface area contributed by atoms with Gasteiger partial charge >= 0.3 is 6.18 Å². The van der Waals surface area contributed by atoms with E-state index in [2.05, 4.69) is 10.1 Å². The first-order valence-corrected chi connectivity index (χ1v) is 9.09. The fourth-order valence-corrected chi connectivity index (χ4v) is 3.24. The van der Waals surface area contributed by atoms with Crippen LogP contribution in [-0.4, -0.2) is 51.8 Å². The third kappa shape index (κ3) is 4.08. The molecular weight excluding hydrogens is 383 g/mol. The van der Waals surface area contributed by atoms with Crippen LogP contribution >= 0.6 is 0 Å². The van der Waals surface area contributed by atoms with Crippen LogP contribution in [0.1, 0.15) is 15.9 Å². The van der Waals surface area contributed by atoms with Gasteiger partial charge in [-0.15, -0.1) is 0 Å². The lowest BCUT2D eigenvalue weighted by molar-refractivity contribution is -0.137. The number of carbonyl (C=O) groups excluding carboxylic acids is 1. The average molecular weight is 401 g/mol. The number of rotatable bonds is 3. The number of alkyl halides is 3. The number of aromatic nitrogens is 3. The summed E-state index contributed by atoms with van der Waals surface area (Å²) in [7, 11) is 0. The van der Waals surface area contributed by atoms with E-state index in [4.69, 9.17) is 0 Å². The van der Waals surface area contributed by atoms with Gasteiger partial charge in [-0.3, -0.25) is 4.79 Å². The molecule has 9 heteroatoms. The Labute approximate surface area is 165 Å². The first-order valence-electron chi connectivity index (χ1n) is 9.09. The van der Waals surface area contributed by atoms with E-state index in [0.717, 1.165) is 18.0 Å². The minimum Gasteiger partial charge on any atom is -0.353 e. The second kappa shape index (κ2) is 7.57. The van der Waals surface area contributed by atoms with Crippen LogP contribution < -0.4 is 4.90 Å². The van der Waals surface area contributed by atoms with Gasteiger partial charge in [0.15, 0.2) is 0 Å². The van der Waals surface area contributed by atoms with Crippen molar-refractivity contribution in [2.75, 3.05) is 31.1 Å². The summed E-state index contributed by atoms with van der Waals surface area (Å²) in [5.74, 6) is 0.408. The standard InChI is InChI=1S/C20H18F3N5O/c21-20(22,23)16-4-7-18(24-14-16)26-10-12-27(13-11-26)19(29)15-2-5-17(6-3-15)28-9-1-8-25-28/h1-9,14H,10-13H2. The first kappa shape index (κ1) is 19.0. The number of pyridine rings is 1. The molecule has 1 aliphatic rings. The Bertz CT molecular complexity index is 961. The van der Waals surface area contributed by atoms with Crippen LogP contribution in [0.15, 0.2) is 61.1 Å². The predicted molar refractivity (Wildman–Crippen MR) is 101 cm³/mol. The lowest BCUT2D eigenvalue weighted by Gasteiger charge is -2.35. The fraction of sp³-hybridized carbons (Fsp3) is 0.250. The highest BCUT2D eigenvalue weighted by Crippen LogP contribution is 2.29. The molecule has 29 heavy (non-hydrogen) atoms. The molecule has 0 N–H and O–H groups in total. The maximum Gasteiger partial charge on any atom is 0.417 e. The van der Waals surface area contributed by atoms with Crippen LogP contribution in [0.4, 0.5) is 19.0 Å². The van der Waals surface area contributed by atoms with Crippen molar-refractivity contribution in [3.8, 4) is 5.69 Å². The van der Waals surface area contributed by atoms with Gasteiger partial charge < -0.3 is 9.80 Å². The highest BCUT2D eigenvalue weighted by Gasteiger charge is 2.31. The predicted octanol–water partition coefficient (Wildman–Crippen LogP) is 3.25. The van der Waals surface area contributed by atoms with Crippen LogP contribution in [-0.2, 0) is 6.18 Å². The van der Waals surface area contributed by atoms with Crippen molar-refractivity contribution in [1.29, 1.82) is 0 Å². The van der Waals surface area contributed by atoms with Crippen molar-refractivity contribution in [2.24, 2.45) is 0 Å². The Morgan fingerprint density at radius 1 is 0.966 bits per heavy atom. The summed E-state index contributed by atoms with van der Waals surface area (Å²) in [6.45, 7) is 1.97. The van der Waals surface area contributed by atoms with Crippen molar-refractivity contribution in [2.45, 2.75) is 6.18 Å². The van der Waals surface area contributed by atoms with E-state index in [1.807, 2.05) is 29.3 Å². The van der Waals surface area contributed by atoms with Crippen molar-refractivity contribution < 1.29 is 18.0 Å². The number of halogens is 3. The lowest BCUT2D eigenvalue weighted by Crippen LogP contribution is -2.49. The number of benzene rings is 1. The van der Waals surface area contributed by atoms with Crippen LogP contribution in [0.5, 0.6) is 0 Å². The lowest BCUT2D eigenvalue weighted by atomic mass is 10.1. The van der Waals surface area contributed by atoms with Gasteiger partial charge in [0.25, 0.3) is 5.91 Å². The summed E-state index contributed by atoms with van der Waals surface area (Å²) in [5.41, 5.74) is 0.681. The Morgan fingerprint density at radius 3 is 2.24 bits per heavy atom. The molecule has 150 valence electrons. The maximum atomic E-state index is 12.7. The zero-order chi connectivity index (χ0) is 20.4. The Morgan fingerprint density at radius 2 is 1.69 bits per heavy atom. The quantitative estimate of drug-likeness (QED) is 0.676. The second-order valence-electron chi connectivity index (χ2n) is 6.68. The number of hydrogen-bond acceptors (Lipinski definition) is 4. The van der Waals surface area contributed by atoms with Gasteiger partial charge in [0.05, 0.1) is 11.3 Å². The van der Waals surface area contributed by atoms with Gasteiger partial charge in [0, 0.05) is 50.3 Å². The Kier molecular flexibility index (Phi) is 4.96. The van der Waals surface area contributed by atoms with Gasteiger partial charge in [-0.05, 0) is 42.5 Å². The third-order valence-electron chi connectivity index (χ3n) is 4.85. The van der Waals surface area contributed by atoms with E-state index < -0.39 is 11.7 Å². The summed E-state index contributed by atoms with van der Waals surface area (Å²) in [6, 6.07) is 11.4. The molecule has 0 bridgehead atoms. The van der Waals surface area contributed by atoms with Gasteiger partial charge in [-0.1, -0.05) is 0 Å². The molecule has 1 amide bonds. The van der Waals surface area contributed by atoms with Crippen molar-refractivity contribution in [3.63, 3.8) is 0 Å². The first-order chi connectivity index (χ1) is 13.9. The van der Waals surface area contributed by atoms with E-state index in [1.165, 1.54) is 6.07 Å². The monoisotopic (exact) mass is 401 g/mol. The molecule has 0 aliphatic carbocycles.